The Hall–Kier alpha value is -1.39. The first-order valence-corrected chi connectivity index (χ1v) is 7.63. The van der Waals surface area contributed by atoms with Gasteiger partial charge in [0.15, 0.2) is 0 Å². The van der Waals surface area contributed by atoms with E-state index in [2.05, 4.69) is 6.92 Å². The van der Waals surface area contributed by atoms with Crippen molar-refractivity contribution in [1.82, 2.24) is 4.90 Å². The highest BCUT2D eigenvalue weighted by atomic mass is 16.5. The molecule has 0 heterocycles. The Bertz CT molecular complexity index is 469. The number of nitrogens with two attached hydrogens (primary N) is 1. The summed E-state index contributed by atoms with van der Waals surface area (Å²) in [7, 11) is 1.66. The quantitative estimate of drug-likeness (QED) is 0.837. The molecule has 0 radical (unpaired) electrons. The van der Waals surface area contributed by atoms with Crippen molar-refractivity contribution < 1.29 is 9.53 Å². The minimum Gasteiger partial charge on any atom is -0.383 e. The largest absolute Gasteiger partial charge is 0.383 e. The first-order valence-electron chi connectivity index (χ1n) is 7.63. The van der Waals surface area contributed by atoms with Crippen molar-refractivity contribution in [2.75, 3.05) is 20.3 Å². The molecule has 1 aromatic rings. The van der Waals surface area contributed by atoms with Gasteiger partial charge in [-0.25, -0.2) is 0 Å². The lowest BCUT2D eigenvalue weighted by atomic mass is 9.91. The van der Waals surface area contributed by atoms with Gasteiger partial charge in [-0.05, 0) is 38.2 Å². The van der Waals surface area contributed by atoms with Crippen LogP contribution in [0.15, 0.2) is 30.3 Å². The summed E-state index contributed by atoms with van der Waals surface area (Å²) in [5, 5.41) is 0. The third-order valence-electron chi connectivity index (χ3n) is 4.41. The van der Waals surface area contributed by atoms with Crippen LogP contribution in [-0.2, 0) is 15.1 Å². The van der Waals surface area contributed by atoms with Gasteiger partial charge >= 0.3 is 0 Å². The van der Waals surface area contributed by atoms with Gasteiger partial charge in [0, 0.05) is 19.7 Å². The number of hydrogen-bond donors (Lipinski definition) is 1. The fourth-order valence-corrected chi connectivity index (χ4v) is 2.72. The zero-order chi connectivity index (χ0) is 15.5. The van der Waals surface area contributed by atoms with Crippen molar-refractivity contribution in [3.05, 3.63) is 35.9 Å². The van der Waals surface area contributed by atoms with Gasteiger partial charge in [0.2, 0.25) is 5.91 Å². The Labute approximate surface area is 127 Å². The van der Waals surface area contributed by atoms with E-state index < -0.39 is 5.54 Å². The van der Waals surface area contributed by atoms with Gasteiger partial charge in [0.1, 0.15) is 5.54 Å². The summed E-state index contributed by atoms with van der Waals surface area (Å²) in [5.41, 5.74) is 6.23. The lowest BCUT2D eigenvalue weighted by Crippen LogP contribution is -2.54. The van der Waals surface area contributed by atoms with E-state index in [1.54, 1.807) is 14.0 Å². The fraction of sp³-hybridized carbons (Fsp3) is 0.588. The summed E-state index contributed by atoms with van der Waals surface area (Å²) < 4.78 is 5.16. The molecule has 1 aliphatic rings. The van der Waals surface area contributed by atoms with E-state index >= 15 is 0 Å². The molecule has 0 aliphatic heterocycles. The second-order valence-corrected chi connectivity index (χ2v) is 6.14. The summed E-state index contributed by atoms with van der Waals surface area (Å²) in [6, 6.07) is 9.80. The average Bonchev–Trinajstić information content (AvgIpc) is 3.32. The molecule has 1 saturated carbocycles. The summed E-state index contributed by atoms with van der Waals surface area (Å²) >= 11 is 0. The molecule has 21 heavy (non-hydrogen) atoms. The van der Waals surface area contributed by atoms with Gasteiger partial charge in [-0.3, -0.25) is 4.79 Å². The molecule has 2 rings (SSSR count). The summed E-state index contributed by atoms with van der Waals surface area (Å²) in [4.78, 5) is 14.9. The van der Waals surface area contributed by atoms with Crippen LogP contribution >= 0.6 is 0 Å². The maximum absolute atomic E-state index is 13.0. The first kappa shape index (κ1) is 16.0. The number of ether oxygens (including phenoxy) is 1. The number of rotatable bonds is 7. The number of hydrogen-bond acceptors (Lipinski definition) is 3. The molecule has 116 valence electrons. The van der Waals surface area contributed by atoms with Gasteiger partial charge in [0.05, 0.1) is 6.61 Å². The van der Waals surface area contributed by atoms with E-state index in [0.717, 1.165) is 5.56 Å². The minimum atomic E-state index is -1.00. The molecule has 1 aliphatic carbocycles. The standard InChI is InChI=1S/C17H26N2O2/c1-13(14-9-10-14)19(11-12-21-3)16(20)17(2,18)15-7-5-4-6-8-15/h4-8,13-14H,9-12,18H2,1-3H3. The first-order chi connectivity index (χ1) is 9.98. The molecule has 2 N–H and O–H groups in total. The van der Waals surface area contributed by atoms with E-state index in [1.807, 2.05) is 35.2 Å². The highest BCUT2D eigenvalue weighted by Crippen LogP contribution is 2.36. The highest BCUT2D eigenvalue weighted by Gasteiger charge is 2.40. The van der Waals surface area contributed by atoms with Crippen molar-refractivity contribution in [2.24, 2.45) is 11.7 Å². The molecular weight excluding hydrogens is 264 g/mol. The Morgan fingerprint density at radius 3 is 2.57 bits per heavy atom. The van der Waals surface area contributed by atoms with Crippen LogP contribution in [0.25, 0.3) is 0 Å². The second kappa shape index (κ2) is 6.58. The van der Waals surface area contributed by atoms with Gasteiger partial charge in [0.25, 0.3) is 0 Å². The smallest absolute Gasteiger partial charge is 0.247 e. The molecule has 0 saturated heterocycles. The number of carbonyl (C=O) groups is 1. The molecule has 4 heteroatoms. The predicted octanol–water partition coefficient (Wildman–Crippen LogP) is 2.13. The maximum Gasteiger partial charge on any atom is 0.247 e. The highest BCUT2D eigenvalue weighted by molar-refractivity contribution is 5.87. The van der Waals surface area contributed by atoms with Crippen molar-refractivity contribution in [3.63, 3.8) is 0 Å². The Morgan fingerprint density at radius 2 is 2.05 bits per heavy atom. The van der Waals surface area contributed by atoms with Crippen LogP contribution < -0.4 is 5.73 Å². The second-order valence-electron chi connectivity index (χ2n) is 6.14. The summed E-state index contributed by atoms with van der Waals surface area (Å²) in [6.45, 7) is 5.04. The van der Waals surface area contributed by atoms with Crippen LogP contribution in [0.4, 0.5) is 0 Å². The molecule has 0 bridgehead atoms. The minimum absolute atomic E-state index is 0.0230. The van der Waals surface area contributed by atoms with Gasteiger partial charge in [-0.2, -0.15) is 0 Å². The molecule has 2 atom stereocenters. The van der Waals surface area contributed by atoms with Gasteiger partial charge in [-0.15, -0.1) is 0 Å². The van der Waals surface area contributed by atoms with Crippen LogP contribution in [0, 0.1) is 5.92 Å². The van der Waals surface area contributed by atoms with Gasteiger partial charge in [-0.1, -0.05) is 30.3 Å². The third kappa shape index (κ3) is 3.63. The topological polar surface area (TPSA) is 55.6 Å². The lowest BCUT2D eigenvalue weighted by Gasteiger charge is -2.36. The zero-order valence-electron chi connectivity index (χ0n) is 13.2. The van der Waals surface area contributed by atoms with Gasteiger partial charge < -0.3 is 15.4 Å². The molecule has 0 aromatic heterocycles. The Kier molecular flexibility index (Phi) is 5.01. The van der Waals surface area contributed by atoms with Crippen molar-refractivity contribution in [3.8, 4) is 0 Å². The molecule has 2 unspecified atom stereocenters. The van der Waals surface area contributed by atoms with Crippen molar-refractivity contribution in [2.45, 2.75) is 38.3 Å². The van der Waals surface area contributed by atoms with Crippen LogP contribution in [0.1, 0.15) is 32.3 Å². The van der Waals surface area contributed by atoms with E-state index in [-0.39, 0.29) is 11.9 Å². The van der Waals surface area contributed by atoms with E-state index in [9.17, 15) is 4.79 Å². The maximum atomic E-state index is 13.0. The average molecular weight is 290 g/mol. The van der Waals surface area contributed by atoms with E-state index in [0.29, 0.717) is 19.1 Å². The van der Waals surface area contributed by atoms with E-state index in [4.69, 9.17) is 10.5 Å². The number of methoxy groups -OCH3 is 1. The zero-order valence-corrected chi connectivity index (χ0v) is 13.2. The van der Waals surface area contributed by atoms with Crippen LogP contribution in [-0.4, -0.2) is 37.1 Å². The molecule has 1 fully saturated rings. The molecule has 1 aromatic carbocycles. The lowest BCUT2D eigenvalue weighted by molar-refractivity contribution is -0.140. The molecule has 1 amide bonds. The van der Waals surface area contributed by atoms with Crippen LogP contribution in [0.5, 0.6) is 0 Å². The Balaban J connectivity index is 2.19. The van der Waals surface area contributed by atoms with Crippen molar-refractivity contribution >= 4 is 5.91 Å². The molecular formula is C17H26N2O2. The number of benzene rings is 1. The van der Waals surface area contributed by atoms with Crippen LogP contribution in [0.3, 0.4) is 0 Å². The van der Waals surface area contributed by atoms with Crippen molar-refractivity contribution in [1.29, 1.82) is 0 Å². The number of amides is 1. The monoisotopic (exact) mass is 290 g/mol. The molecule has 0 spiro atoms. The third-order valence-corrected chi connectivity index (χ3v) is 4.41. The summed E-state index contributed by atoms with van der Waals surface area (Å²) in [6.07, 6.45) is 2.40. The Morgan fingerprint density at radius 1 is 1.43 bits per heavy atom. The summed E-state index contributed by atoms with van der Waals surface area (Å²) in [5.74, 6) is 0.586. The number of nitrogens with zero attached hydrogens (tertiary/aromatic N) is 1. The van der Waals surface area contributed by atoms with E-state index in [1.165, 1.54) is 12.8 Å². The predicted molar refractivity (Wildman–Crippen MR) is 83.8 cm³/mol. The van der Waals surface area contributed by atoms with Crippen LogP contribution in [0.2, 0.25) is 0 Å². The molecule has 4 nitrogen and oxygen atoms in total. The normalized spacial score (nSPS) is 18.9. The fourth-order valence-electron chi connectivity index (χ4n) is 2.72. The SMILES string of the molecule is COCCN(C(=O)C(C)(N)c1ccccc1)C(C)C1CC1. The number of carbonyl (C=O) groups excluding carboxylic acids is 1.